The zero-order chi connectivity index (χ0) is 44.2. The molecule has 59 heavy (non-hydrogen) atoms. The van der Waals surface area contributed by atoms with Crippen LogP contribution in [0.4, 0.5) is 9.18 Å². The Morgan fingerprint density at radius 3 is 1.61 bits per heavy atom. The number of amides is 1. The van der Waals surface area contributed by atoms with E-state index in [1.165, 1.54) is 61.8 Å². The summed E-state index contributed by atoms with van der Waals surface area (Å²) in [6.07, 6.45) is -0.207. The van der Waals surface area contributed by atoms with Gasteiger partial charge >= 0.3 is 6.09 Å². The second kappa shape index (κ2) is 26.7. The minimum atomic E-state index is -0.408. The van der Waals surface area contributed by atoms with Gasteiger partial charge < -0.3 is 49.5 Å². The number of nitrogens with zero attached hydrogens (tertiary/aromatic N) is 3. The van der Waals surface area contributed by atoms with Crippen molar-refractivity contribution in [1.29, 1.82) is 0 Å². The Labute approximate surface area is 360 Å². The fourth-order valence-corrected chi connectivity index (χ4v) is 6.67. The number of hydrogen-bond donors (Lipinski definition) is 7. The molecule has 13 nitrogen and oxygen atoms in total. The fraction of sp³-hybridized carbons (Fsp3) is 0.689. The number of carbonyl (C=O) groups is 1. The van der Waals surface area contributed by atoms with Gasteiger partial charge in [-0.05, 0) is 79.7 Å². The quantitative estimate of drug-likeness (QED) is 0.137. The highest BCUT2D eigenvalue weighted by molar-refractivity contribution is 5.68. The van der Waals surface area contributed by atoms with Gasteiger partial charge in [-0.15, -0.1) is 0 Å². The van der Waals surface area contributed by atoms with E-state index in [2.05, 4.69) is 76.1 Å². The van der Waals surface area contributed by atoms with E-state index in [1.54, 1.807) is 4.90 Å². The summed E-state index contributed by atoms with van der Waals surface area (Å²) in [5, 5.41) is 6.56. The first kappa shape index (κ1) is 52.6. The van der Waals surface area contributed by atoms with Crippen LogP contribution < -0.4 is 35.1 Å². The maximum absolute atomic E-state index is 12.7. The normalized spacial score (nSPS) is 25.0. The lowest BCUT2D eigenvalue weighted by Gasteiger charge is -2.39. The molecule has 0 radical (unpaired) electrons. The van der Waals surface area contributed by atoms with Crippen molar-refractivity contribution in [2.45, 2.75) is 85.2 Å². The lowest BCUT2D eigenvalue weighted by atomic mass is 10.2. The molecule has 5 heterocycles. The van der Waals surface area contributed by atoms with Gasteiger partial charge in [0.15, 0.2) is 5.88 Å². The summed E-state index contributed by atoms with van der Waals surface area (Å²) in [6.45, 7) is 39.9. The monoisotopic (exact) mass is 835 g/mol. The van der Waals surface area contributed by atoms with Crippen LogP contribution in [-0.2, 0) is 16.0 Å². The number of piperazine rings is 5. The van der Waals surface area contributed by atoms with Crippen LogP contribution in [0.2, 0.25) is 0 Å². The van der Waals surface area contributed by atoms with Gasteiger partial charge in [-0.3, -0.25) is 9.80 Å². The van der Waals surface area contributed by atoms with Crippen molar-refractivity contribution in [2.75, 3.05) is 118 Å². The molecule has 0 spiro atoms. The van der Waals surface area contributed by atoms with Crippen molar-refractivity contribution in [1.82, 2.24) is 25.3 Å². The summed E-state index contributed by atoms with van der Waals surface area (Å²) >= 11 is 0. The Morgan fingerprint density at radius 1 is 0.695 bits per heavy atom. The molecule has 0 saturated carbocycles. The number of carbonyl (C=O) groups excluding carboxylic acids is 1. The van der Waals surface area contributed by atoms with E-state index in [-0.39, 0.29) is 17.5 Å². The molecule has 5 aliphatic heterocycles. The van der Waals surface area contributed by atoms with Crippen LogP contribution >= 0.6 is 0 Å². The number of ether oxygens (including phenoxy) is 2. The van der Waals surface area contributed by atoms with Crippen molar-refractivity contribution < 1.29 is 43.2 Å². The highest BCUT2D eigenvalue weighted by Gasteiger charge is 2.28. The third-order valence-electron chi connectivity index (χ3n) is 10.8. The Hall–Kier alpha value is -2.56. The van der Waals surface area contributed by atoms with Gasteiger partial charge in [0.25, 0.3) is 0 Å². The van der Waals surface area contributed by atoms with Gasteiger partial charge in [0.05, 0.1) is 90.6 Å². The number of halogens is 1. The lowest BCUT2D eigenvalue weighted by molar-refractivity contribution is -0.883. The number of rotatable bonds is 4. The SMILES string of the molecule is C=C(OC(C)(C)C)N1CC[NH+]([CH2-])CC1.[CH2-][NH+]1CCN(C(=O)OC(C)(C)C)CC1C.[CH2-][NH+]1CCN(Cc2ccc(F)cc2)CC1.[CH2-][NH+]1CCNCC1.[CH2-][NH+]1CCNCC1C. The van der Waals surface area contributed by atoms with Gasteiger partial charge in [0.1, 0.15) is 17.0 Å². The Morgan fingerprint density at radius 2 is 1.17 bits per heavy atom. The molecule has 4 atom stereocenters. The Balaban J connectivity index is 0.000000261. The molecule has 4 unspecified atom stereocenters. The minimum Gasteiger partial charge on any atom is -0.474 e. The summed E-state index contributed by atoms with van der Waals surface area (Å²) in [7, 11) is 19.8. The topological polar surface area (TPSA) is 91.5 Å². The van der Waals surface area contributed by atoms with Gasteiger partial charge in [0.2, 0.25) is 0 Å². The zero-order valence-corrected chi connectivity index (χ0v) is 38.6. The van der Waals surface area contributed by atoms with E-state index in [0.717, 1.165) is 111 Å². The van der Waals surface area contributed by atoms with Crippen molar-refractivity contribution in [2.24, 2.45) is 0 Å². The van der Waals surface area contributed by atoms with Crippen LogP contribution in [0.5, 0.6) is 0 Å². The Bertz CT molecular complexity index is 1280. The molecule has 1 amide bonds. The van der Waals surface area contributed by atoms with Crippen LogP contribution in [-0.4, -0.2) is 162 Å². The van der Waals surface area contributed by atoms with E-state index in [9.17, 15) is 9.18 Å². The molecule has 0 bridgehead atoms. The first-order chi connectivity index (χ1) is 27.6. The average molecular weight is 835 g/mol. The van der Waals surface area contributed by atoms with Crippen LogP contribution in [0.1, 0.15) is 61.0 Å². The van der Waals surface area contributed by atoms with Gasteiger partial charge in [-0.1, -0.05) is 12.1 Å². The van der Waals surface area contributed by atoms with Crippen LogP contribution in [0.25, 0.3) is 0 Å². The van der Waals surface area contributed by atoms with Gasteiger partial charge in [0, 0.05) is 45.8 Å². The van der Waals surface area contributed by atoms with E-state index >= 15 is 0 Å². The first-order valence-corrected chi connectivity index (χ1v) is 22.0. The van der Waals surface area contributed by atoms with E-state index < -0.39 is 5.60 Å². The highest BCUT2D eigenvalue weighted by Crippen LogP contribution is 2.15. The third-order valence-corrected chi connectivity index (χ3v) is 10.8. The van der Waals surface area contributed by atoms with Crippen LogP contribution in [0, 0.1) is 41.1 Å². The van der Waals surface area contributed by atoms with Crippen LogP contribution in [0.15, 0.2) is 36.7 Å². The zero-order valence-electron chi connectivity index (χ0n) is 38.6. The summed E-state index contributed by atoms with van der Waals surface area (Å²) < 4.78 is 23.7. The summed E-state index contributed by atoms with van der Waals surface area (Å²) in [4.78, 5) is 24.8. The average Bonchev–Trinajstić information content (AvgIpc) is 3.16. The van der Waals surface area contributed by atoms with Crippen LogP contribution in [0.3, 0.4) is 0 Å². The second-order valence-corrected chi connectivity index (χ2v) is 18.7. The van der Waals surface area contributed by atoms with Gasteiger partial charge in [-0.25, -0.2) is 9.18 Å². The van der Waals surface area contributed by atoms with Crippen molar-refractivity contribution in [3.63, 3.8) is 0 Å². The standard InChI is InChI=1S/C12H17FN2.C11H22N2O2.C11H22N2O.C6H14N2.C5H12N2/c1-14-6-8-15(9-7-14)10-11-2-4-12(13)5-3-11;1-9-8-13(7-6-12(9)5)10(14)15-11(2,3)4;1-10(14-11(2,3)4)13-8-6-12(5)7-9-13;1-6-5-7-3-4-8(6)2;1-7-4-2-6-3-5-7/h2-5,14H,1,6-10H2;9,12H,5-8H2,1-4H3;12H,1,5-9H2,2-4H3;6-8H,2-5H2,1H3;6-7H,1-5H2. The molecule has 0 aliphatic carbocycles. The number of hydrogen-bond acceptors (Lipinski definition) is 7. The molecule has 342 valence electrons. The molecule has 14 heteroatoms. The number of benzene rings is 1. The predicted octanol–water partition coefficient (Wildman–Crippen LogP) is -2.19. The molecule has 1 aromatic carbocycles. The highest BCUT2D eigenvalue weighted by atomic mass is 19.1. The first-order valence-electron chi connectivity index (χ1n) is 22.0. The molecule has 0 aromatic heterocycles. The number of nitrogens with one attached hydrogen (secondary N) is 7. The molecule has 6 rings (SSSR count). The van der Waals surface area contributed by atoms with Crippen molar-refractivity contribution >= 4 is 6.09 Å². The van der Waals surface area contributed by atoms with E-state index in [0.29, 0.717) is 12.1 Å². The molecule has 5 fully saturated rings. The smallest absolute Gasteiger partial charge is 0.410 e. The third kappa shape index (κ3) is 23.9. The molecular formula is C45H87FN10O3. The summed E-state index contributed by atoms with van der Waals surface area (Å²) in [5.41, 5.74) is 0.629. The van der Waals surface area contributed by atoms with E-state index in [4.69, 9.17) is 9.47 Å². The van der Waals surface area contributed by atoms with Crippen molar-refractivity contribution in [3.8, 4) is 0 Å². The maximum Gasteiger partial charge on any atom is 0.410 e. The Kier molecular flexibility index (Phi) is 23.8. The molecule has 7 N–H and O–H groups in total. The maximum atomic E-state index is 12.7. The fourth-order valence-electron chi connectivity index (χ4n) is 6.67. The van der Waals surface area contributed by atoms with E-state index in [1.807, 2.05) is 53.7 Å². The largest absolute Gasteiger partial charge is 0.474 e. The summed E-state index contributed by atoms with van der Waals surface area (Å²) in [6, 6.07) is 7.85. The van der Waals surface area contributed by atoms with Gasteiger partial charge in [-0.2, -0.15) is 35.2 Å². The lowest BCUT2D eigenvalue weighted by Crippen LogP contribution is -3.13. The summed E-state index contributed by atoms with van der Waals surface area (Å²) in [5.74, 6) is 0.635. The molecule has 1 aromatic rings. The minimum absolute atomic E-state index is 0.147. The molecule has 5 saturated heterocycles. The molecule has 5 aliphatic rings. The number of quaternary nitrogens is 5. The van der Waals surface area contributed by atoms with Crippen molar-refractivity contribution in [3.05, 3.63) is 83.3 Å². The predicted molar refractivity (Wildman–Crippen MR) is 236 cm³/mol. The second-order valence-electron chi connectivity index (χ2n) is 18.7. The molecular weight excluding hydrogens is 748 g/mol.